The minimum atomic E-state index is -0.916. The van der Waals surface area contributed by atoms with E-state index in [0.717, 1.165) is 12.8 Å². The van der Waals surface area contributed by atoms with Crippen molar-refractivity contribution in [2.45, 2.75) is 26.7 Å². The van der Waals surface area contributed by atoms with E-state index in [1.807, 2.05) is 13.8 Å². The largest absolute Gasteiger partial charge is 0.465 e. The van der Waals surface area contributed by atoms with Gasteiger partial charge in [0.05, 0.1) is 13.2 Å². The first-order chi connectivity index (χ1) is 7.72. The minimum absolute atomic E-state index is 0.408. The molecule has 0 spiro atoms. The van der Waals surface area contributed by atoms with Crippen LogP contribution in [0.5, 0.6) is 0 Å². The van der Waals surface area contributed by atoms with Crippen molar-refractivity contribution < 1.29 is 19.4 Å². The smallest absolute Gasteiger partial charge is 0.407 e. The molecule has 0 bridgehead atoms. The van der Waals surface area contributed by atoms with Gasteiger partial charge in [0.25, 0.3) is 0 Å². The number of hydrogen-bond acceptors (Lipinski definition) is 3. The third-order valence-electron chi connectivity index (χ3n) is 1.98. The van der Waals surface area contributed by atoms with Crippen molar-refractivity contribution in [1.29, 1.82) is 0 Å². The summed E-state index contributed by atoms with van der Waals surface area (Å²) in [7, 11) is 0. The first kappa shape index (κ1) is 15.2. The lowest BCUT2D eigenvalue weighted by atomic mass is 10.5. The molecule has 1 amide bonds. The molecule has 1 N–H and O–H groups in total. The third kappa shape index (κ3) is 8.49. The van der Waals surface area contributed by atoms with Gasteiger partial charge in [-0.3, -0.25) is 0 Å². The molecular weight excluding hydrogens is 210 g/mol. The maximum Gasteiger partial charge on any atom is 0.407 e. The second-order valence-electron chi connectivity index (χ2n) is 3.49. The molecule has 0 aliphatic carbocycles. The van der Waals surface area contributed by atoms with Gasteiger partial charge in [-0.1, -0.05) is 13.8 Å². The Bertz CT molecular complexity index is 163. The monoisotopic (exact) mass is 233 g/mol. The van der Waals surface area contributed by atoms with Crippen molar-refractivity contribution in [3.8, 4) is 0 Å². The average Bonchev–Trinajstić information content (AvgIpc) is 2.26. The summed E-state index contributed by atoms with van der Waals surface area (Å²) in [6, 6.07) is 0. The van der Waals surface area contributed by atoms with Gasteiger partial charge in [-0.2, -0.15) is 0 Å². The van der Waals surface area contributed by atoms with Crippen LogP contribution in [0.15, 0.2) is 0 Å². The summed E-state index contributed by atoms with van der Waals surface area (Å²) in [6.45, 7) is 7.12. The molecule has 96 valence electrons. The molecule has 0 fully saturated rings. The van der Waals surface area contributed by atoms with Crippen LogP contribution in [0.4, 0.5) is 4.79 Å². The van der Waals surface area contributed by atoms with Gasteiger partial charge >= 0.3 is 6.09 Å². The Hall–Kier alpha value is -0.810. The van der Waals surface area contributed by atoms with Crippen molar-refractivity contribution in [3.63, 3.8) is 0 Å². The number of rotatable bonds is 10. The van der Waals surface area contributed by atoms with Crippen LogP contribution in [0.2, 0.25) is 0 Å². The summed E-state index contributed by atoms with van der Waals surface area (Å²) >= 11 is 0. The number of ether oxygens (including phenoxy) is 2. The van der Waals surface area contributed by atoms with Crippen LogP contribution in [0, 0.1) is 0 Å². The molecule has 0 atom stereocenters. The molecule has 5 nitrogen and oxygen atoms in total. The van der Waals surface area contributed by atoms with Crippen LogP contribution in [-0.4, -0.2) is 55.6 Å². The molecule has 5 heteroatoms. The third-order valence-corrected chi connectivity index (χ3v) is 1.98. The summed E-state index contributed by atoms with van der Waals surface area (Å²) < 4.78 is 10.5. The number of amides is 1. The van der Waals surface area contributed by atoms with Crippen LogP contribution >= 0.6 is 0 Å². The zero-order chi connectivity index (χ0) is 12.2. The van der Waals surface area contributed by atoms with E-state index in [4.69, 9.17) is 14.6 Å². The van der Waals surface area contributed by atoms with Crippen LogP contribution in [0.1, 0.15) is 26.7 Å². The molecule has 0 aliphatic heterocycles. The lowest BCUT2D eigenvalue weighted by Gasteiger charge is -2.18. The Labute approximate surface area is 97.3 Å². The van der Waals surface area contributed by atoms with E-state index in [1.54, 1.807) is 0 Å². The van der Waals surface area contributed by atoms with E-state index in [1.165, 1.54) is 4.90 Å². The van der Waals surface area contributed by atoms with Gasteiger partial charge in [-0.25, -0.2) is 4.79 Å². The molecule has 0 aliphatic rings. The summed E-state index contributed by atoms with van der Waals surface area (Å²) in [5.41, 5.74) is 0. The number of carbonyl (C=O) groups is 1. The normalized spacial score (nSPS) is 10.4. The van der Waals surface area contributed by atoms with Gasteiger partial charge in [0, 0.05) is 26.3 Å². The second kappa shape index (κ2) is 10.7. The van der Waals surface area contributed by atoms with Gasteiger partial charge in [-0.15, -0.1) is 0 Å². The van der Waals surface area contributed by atoms with Crippen LogP contribution in [0.25, 0.3) is 0 Å². The highest BCUT2D eigenvalue weighted by Crippen LogP contribution is 1.92. The fraction of sp³-hybridized carbons (Fsp3) is 0.909. The molecule has 0 aromatic carbocycles. The first-order valence-corrected chi connectivity index (χ1v) is 5.85. The molecule has 0 rings (SSSR count). The van der Waals surface area contributed by atoms with Crippen LogP contribution in [-0.2, 0) is 9.47 Å². The van der Waals surface area contributed by atoms with Gasteiger partial charge in [0.15, 0.2) is 0 Å². The highest BCUT2D eigenvalue weighted by atomic mass is 16.5. The molecular formula is C11H23NO4. The van der Waals surface area contributed by atoms with E-state index >= 15 is 0 Å². The van der Waals surface area contributed by atoms with E-state index in [-0.39, 0.29) is 0 Å². The SMILES string of the molecule is CCCOCCN(CCOCCC)C(=O)O. The van der Waals surface area contributed by atoms with E-state index < -0.39 is 6.09 Å². The predicted molar refractivity (Wildman–Crippen MR) is 61.8 cm³/mol. The van der Waals surface area contributed by atoms with Gasteiger partial charge in [-0.05, 0) is 12.8 Å². The predicted octanol–water partition coefficient (Wildman–Crippen LogP) is 1.82. The van der Waals surface area contributed by atoms with Crippen LogP contribution in [0.3, 0.4) is 0 Å². The summed E-state index contributed by atoms with van der Waals surface area (Å²) in [6.07, 6.45) is 0.986. The first-order valence-electron chi connectivity index (χ1n) is 5.85. The lowest BCUT2D eigenvalue weighted by molar-refractivity contribution is 0.0705. The Kier molecular flexibility index (Phi) is 10.2. The maximum absolute atomic E-state index is 10.8. The van der Waals surface area contributed by atoms with Crippen molar-refractivity contribution in [3.05, 3.63) is 0 Å². The Balaban J connectivity index is 3.59. The molecule has 16 heavy (non-hydrogen) atoms. The Morgan fingerprint density at radius 2 is 1.44 bits per heavy atom. The minimum Gasteiger partial charge on any atom is -0.465 e. The lowest BCUT2D eigenvalue weighted by Crippen LogP contribution is -2.35. The molecule has 0 radical (unpaired) electrons. The topological polar surface area (TPSA) is 59.0 Å². The zero-order valence-electron chi connectivity index (χ0n) is 10.3. The molecule has 0 saturated heterocycles. The van der Waals surface area contributed by atoms with Gasteiger partial charge in [0.2, 0.25) is 0 Å². The zero-order valence-corrected chi connectivity index (χ0v) is 10.3. The highest BCUT2D eigenvalue weighted by molar-refractivity contribution is 5.64. The van der Waals surface area contributed by atoms with Gasteiger partial charge in [0.1, 0.15) is 0 Å². The Morgan fingerprint density at radius 1 is 1.00 bits per heavy atom. The summed E-state index contributed by atoms with van der Waals surface area (Å²) in [5.74, 6) is 0. The van der Waals surface area contributed by atoms with E-state index in [9.17, 15) is 4.79 Å². The summed E-state index contributed by atoms with van der Waals surface area (Å²) in [5, 5.41) is 8.90. The fourth-order valence-electron chi connectivity index (χ4n) is 1.15. The van der Waals surface area contributed by atoms with E-state index in [0.29, 0.717) is 39.5 Å². The summed E-state index contributed by atoms with van der Waals surface area (Å²) in [4.78, 5) is 12.2. The molecule has 0 aromatic rings. The van der Waals surface area contributed by atoms with Gasteiger partial charge < -0.3 is 19.5 Å². The number of nitrogens with zero attached hydrogens (tertiary/aromatic N) is 1. The van der Waals surface area contributed by atoms with Crippen molar-refractivity contribution in [2.75, 3.05) is 39.5 Å². The van der Waals surface area contributed by atoms with Crippen LogP contribution < -0.4 is 0 Å². The molecule has 0 unspecified atom stereocenters. The average molecular weight is 233 g/mol. The quantitative estimate of drug-likeness (QED) is 0.585. The second-order valence-corrected chi connectivity index (χ2v) is 3.49. The van der Waals surface area contributed by atoms with Crippen molar-refractivity contribution in [2.24, 2.45) is 0 Å². The maximum atomic E-state index is 10.8. The number of hydrogen-bond donors (Lipinski definition) is 1. The fourth-order valence-corrected chi connectivity index (χ4v) is 1.15. The van der Waals surface area contributed by atoms with Crippen molar-refractivity contribution in [1.82, 2.24) is 4.90 Å². The molecule has 0 saturated carbocycles. The molecule has 0 aromatic heterocycles. The van der Waals surface area contributed by atoms with Crippen molar-refractivity contribution >= 4 is 6.09 Å². The highest BCUT2D eigenvalue weighted by Gasteiger charge is 2.10. The number of carboxylic acid groups (broad SMARTS) is 1. The molecule has 0 heterocycles. The van der Waals surface area contributed by atoms with E-state index in [2.05, 4.69) is 0 Å². The Morgan fingerprint density at radius 3 is 1.75 bits per heavy atom. The standard InChI is InChI=1S/C11H23NO4/c1-3-7-15-9-5-12(11(13)14)6-10-16-8-4-2/h3-10H2,1-2H3,(H,13,14).